The molecule has 0 saturated heterocycles. The van der Waals surface area contributed by atoms with Crippen molar-refractivity contribution in [3.8, 4) is 11.1 Å². The summed E-state index contributed by atoms with van der Waals surface area (Å²) in [5.74, 6) is -0.390. The fourth-order valence-corrected chi connectivity index (χ4v) is 5.92. The predicted molar refractivity (Wildman–Crippen MR) is 144 cm³/mol. The minimum Gasteiger partial charge on any atom is -0.481 e. The van der Waals surface area contributed by atoms with E-state index in [2.05, 4.69) is 35.4 Å². The molecule has 0 fully saturated rings. The third-order valence-electron chi connectivity index (χ3n) is 6.81. The van der Waals surface area contributed by atoms with E-state index in [1.165, 1.54) is 0 Å². The maximum atomic E-state index is 12.2. The smallest absolute Gasteiger partial charge is 0.309 e. The molecular formula is C28H26N6O2S. The second-order valence-corrected chi connectivity index (χ2v) is 10.2. The van der Waals surface area contributed by atoms with Crippen LogP contribution in [0.15, 0.2) is 53.5 Å². The molecule has 37 heavy (non-hydrogen) atoms. The molecule has 5 rings (SSSR count). The van der Waals surface area contributed by atoms with Crippen molar-refractivity contribution in [1.82, 2.24) is 14.8 Å². The lowest BCUT2D eigenvalue weighted by atomic mass is 9.95. The minimum atomic E-state index is -0.906. The molecule has 8 nitrogen and oxygen atoms in total. The number of aliphatic imine (C=N–C) groups is 1. The largest absolute Gasteiger partial charge is 0.481 e. The Morgan fingerprint density at radius 1 is 1.16 bits per heavy atom. The molecule has 2 atom stereocenters. The lowest BCUT2D eigenvalue weighted by Gasteiger charge is -2.19. The van der Waals surface area contributed by atoms with Crippen molar-refractivity contribution >= 4 is 34.4 Å². The number of benzene rings is 2. The molecule has 2 aromatic carbocycles. The van der Waals surface area contributed by atoms with Gasteiger partial charge in [0.05, 0.1) is 22.9 Å². The van der Waals surface area contributed by atoms with Crippen LogP contribution in [0.4, 0.5) is 11.4 Å². The van der Waals surface area contributed by atoms with Crippen LogP contribution in [0, 0.1) is 38.0 Å². The summed E-state index contributed by atoms with van der Waals surface area (Å²) in [5.41, 5.74) is 5.84. The van der Waals surface area contributed by atoms with Gasteiger partial charge in [0, 0.05) is 21.7 Å². The second-order valence-electron chi connectivity index (χ2n) is 9.04. The first-order valence-electron chi connectivity index (χ1n) is 12.0. The molecule has 0 bridgehead atoms. The summed E-state index contributed by atoms with van der Waals surface area (Å²) >= 11 is 1.64. The number of carbonyl (C=O) groups is 1. The number of rotatable bonds is 6. The first kappa shape index (κ1) is 24.4. The number of carboxylic acids is 1. The molecule has 186 valence electrons. The minimum absolute atomic E-state index is 0.412. The summed E-state index contributed by atoms with van der Waals surface area (Å²) in [5, 5.41) is 32.4. The zero-order valence-corrected chi connectivity index (χ0v) is 21.8. The van der Waals surface area contributed by atoms with E-state index in [0.29, 0.717) is 23.6 Å². The van der Waals surface area contributed by atoms with Gasteiger partial charge in [-0.3, -0.25) is 14.4 Å². The number of aromatic nitrogens is 3. The summed E-state index contributed by atoms with van der Waals surface area (Å²) in [6.45, 7) is 7.89. The molecule has 0 radical (unpaired) electrons. The number of nitriles is 1. The topological polar surface area (TPSA) is 116 Å². The van der Waals surface area contributed by atoms with Gasteiger partial charge >= 0.3 is 5.97 Å². The highest BCUT2D eigenvalue weighted by Gasteiger charge is 2.37. The number of para-hydroxylation sites is 1. The van der Waals surface area contributed by atoms with Gasteiger partial charge in [-0.2, -0.15) is 5.26 Å². The van der Waals surface area contributed by atoms with Gasteiger partial charge < -0.3 is 10.4 Å². The predicted octanol–water partition coefficient (Wildman–Crippen LogP) is 5.87. The second kappa shape index (κ2) is 9.64. The number of fused-ring (bicyclic) bond motifs is 3. The van der Waals surface area contributed by atoms with Crippen molar-refractivity contribution in [3.05, 3.63) is 87.3 Å². The number of aliphatic carboxylic acids is 1. The molecule has 1 aliphatic heterocycles. The van der Waals surface area contributed by atoms with Crippen molar-refractivity contribution < 1.29 is 9.90 Å². The van der Waals surface area contributed by atoms with E-state index in [1.807, 2.05) is 60.9 Å². The number of hydrogen-bond acceptors (Lipinski definition) is 7. The summed E-state index contributed by atoms with van der Waals surface area (Å²) in [4.78, 5) is 18.5. The Morgan fingerprint density at radius 2 is 1.89 bits per heavy atom. The highest BCUT2D eigenvalue weighted by molar-refractivity contribution is 7.15. The van der Waals surface area contributed by atoms with E-state index in [4.69, 9.17) is 4.99 Å². The number of carboxylic acid groups (broad SMARTS) is 1. The Bertz CT molecular complexity index is 1580. The number of anilines is 2. The lowest BCUT2D eigenvalue weighted by Crippen LogP contribution is -2.23. The van der Waals surface area contributed by atoms with Crippen LogP contribution in [0.5, 0.6) is 0 Å². The Labute approximate surface area is 219 Å². The monoisotopic (exact) mass is 510 g/mol. The van der Waals surface area contributed by atoms with Gasteiger partial charge in [0.15, 0.2) is 5.82 Å². The zero-order valence-electron chi connectivity index (χ0n) is 21.0. The highest BCUT2D eigenvalue weighted by atomic mass is 32.1. The van der Waals surface area contributed by atoms with E-state index < -0.39 is 17.9 Å². The summed E-state index contributed by atoms with van der Waals surface area (Å²) < 4.78 is 1.97. The van der Waals surface area contributed by atoms with Gasteiger partial charge in [0.25, 0.3) is 0 Å². The third-order valence-corrected chi connectivity index (χ3v) is 8.00. The van der Waals surface area contributed by atoms with Crippen LogP contribution in [0.2, 0.25) is 0 Å². The highest BCUT2D eigenvalue weighted by Crippen LogP contribution is 2.41. The fraction of sp³-hybridized carbons (Fsp3) is 0.250. The molecule has 2 aromatic heterocycles. The van der Waals surface area contributed by atoms with Crippen LogP contribution in [-0.2, 0) is 4.79 Å². The molecule has 9 heteroatoms. The van der Waals surface area contributed by atoms with Crippen molar-refractivity contribution in [2.45, 2.75) is 40.2 Å². The van der Waals surface area contributed by atoms with Crippen LogP contribution in [0.1, 0.15) is 58.2 Å². The van der Waals surface area contributed by atoms with Gasteiger partial charge in [-0.25, -0.2) is 0 Å². The standard InChI is InChI=1S/C28H26N6O2S/c1-5-21(28(35)36)25-26-33-32-17(4)34(26)27-23(15(2)16(3)37-27)24(31-25)18-10-12-20(13-11-18)30-22-9-7-6-8-19(22)14-29/h6-13,21,25,30H,5H2,1-4H3,(H,35,36)/t21?,25-/m0/s1. The quantitative estimate of drug-likeness (QED) is 0.335. The van der Waals surface area contributed by atoms with Gasteiger partial charge in [0.1, 0.15) is 22.9 Å². The van der Waals surface area contributed by atoms with E-state index >= 15 is 0 Å². The normalized spacial score (nSPS) is 15.1. The van der Waals surface area contributed by atoms with Crippen LogP contribution in [0.25, 0.3) is 5.00 Å². The van der Waals surface area contributed by atoms with Crippen molar-refractivity contribution in [1.29, 1.82) is 5.26 Å². The van der Waals surface area contributed by atoms with Gasteiger partial charge in [-0.05, 0) is 57.0 Å². The molecule has 3 heterocycles. The van der Waals surface area contributed by atoms with Crippen molar-refractivity contribution in [3.63, 3.8) is 0 Å². The first-order chi connectivity index (χ1) is 17.8. The van der Waals surface area contributed by atoms with Crippen LogP contribution in [-0.4, -0.2) is 31.6 Å². The summed E-state index contributed by atoms with van der Waals surface area (Å²) in [6.07, 6.45) is 0.412. The molecule has 0 saturated carbocycles. The average Bonchev–Trinajstić information content (AvgIpc) is 3.36. The maximum Gasteiger partial charge on any atom is 0.309 e. The molecule has 0 aliphatic carbocycles. The van der Waals surface area contributed by atoms with E-state index in [1.54, 1.807) is 17.4 Å². The Morgan fingerprint density at radius 3 is 2.57 bits per heavy atom. The molecule has 4 aromatic rings. The fourth-order valence-electron chi connectivity index (χ4n) is 4.71. The van der Waals surface area contributed by atoms with E-state index in [9.17, 15) is 15.2 Å². The lowest BCUT2D eigenvalue weighted by molar-refractivity contribution is -0.142. The van der Waals surface area contributed by atoms with Gasteiger partial charge in [0.2, 0.25) is 0 Å². The van der Waals surface area contributed by atoms with Gasteiger partial charge in [-0.1, -0.05) is 31.2 Å². The van der Waals surface area contributed by atoms with Crippen molar-refractivity contribution in [2.75, 3.05) is 5.32 Å². The van der Waals surface area contributed by atoms with Crippen LogP contribution < -0.4 is 5.32 Å². The Kier molecular flexibility index (Phi) is 6.36. The van der Waals surface area contributed by atoms with Crippen molar-refractivity contribution in [2.24, 2.45) is 10.9 Å². The van der Waals surface area contributed by atoms with Crippen LogP contribution >= 0.6 is 11.3 Å². The zero-order chi connectivity index (χ0) is 26.3. The molecule has 2 N–H and O–H groups in total. The van der Waals surface area contributed by atoms with Crippen LogP contribution in [0.3, 0.4) is 0 Å². The average molecular weight is 511 g/mol. The molecule has 1 aliphatic rings. The third kappa shape index (κ3) is 4.19. The summed E-state index contributed by atoms with van der Waals surface area (Å²) in [6, 6.07) is 16.7. The number of nitrogens with one attached hydrogen (secondary N) is 1. The van der Waals surface area contributed by atoms with E-state index in [0.717, 1.165) is 43.7 Å². The molecular weight excluding hydrogens is 484 g/mol. The Balaban J connectivity index is 1.65. The number of aryl methyl sites for hydroxylation is 2. The Hall–Kier alpha value is -4.29. The first-order valence-corrected chi connectivity index (χ1v) is 12.9. The number of thiophene rings is 1. The molecule has 1 unspecified atom stereocenters. The molecule has 0 amide bonds. The maximum absolute atomic E-state index is 12.2. The number of nitrogens with zero attached hydrogens (tertiary/aromatic N) is 5. The summed E-state index contributed by atoms with van der Waals surface area (Å²) in [7, 11) is 0. The SMILES string of the molecule is CCC(C(=O)O)[C@@H]1N=C(c2ccc(Nc3ccccc3C#N)cc2)c2c(sc(C)c2C)-n2c(C)nnc21. The van der Waals surface area contributed by atoms with Gasteiger partial charge in [-0.15, -0.1) is 21.5 Å². The number of hydrogen-bond donors (Lipinski definition) is 2. The molecule has 0 spiro atoms. The van der Waals surface area contributed by atoms with E-state index in [-0.39, 0.29) is 0 Å².